The lowest BCUT2D eigenvalue weighted by atomic mass is 10.1. The summed E-state index contributed by atoms with van der Waals surface area (Å²) in [6.45, 7) is 4.89. The molecule has 7 heteroatoms. The predicted molar refractivity (Wildman–Crippen MR) is 90.2 cm³/mol. The lowest BCUT2D eigenvalue weighted by Crippen LogP contribution is -2.35. The van der Waals surface area contributed by atoms with Crippen molar-refractivity contribution >= 4 is 11.7 Å². The number of nitrogens with one attached hydrogen (secondary N) is 1. The third kappa shape index (κ3) is 4.27. The number of nitrogen functional groups attached to an aromatic ring is 1. The van der Waals surface area contributed by atoms with Gasteiger partial charge >= 0.3 is 0 Å². The summed E-state index contributed by atoms with van der Waals surface area (Å²) in [7, 11) is 0. The van der Waals surface area contributed by atoms with Gasteiger partial charge < -0.3 is 15.8 Å². The number of nitrogens with two attached hydrogens (primary N) is 1. The second-order valence-electron chi connectivity index (χ2n) is 5.68. The second kappa shape index (κ2) is 7.85. The van der Waals surface area contributed by atoms with Gasteiger partial charge in [-0.2, -0.15) is 0 Å². The van der Waals surface area contributed by atoms with Crippen molar-refractivity contribution in [1.29, 1.82) is 0 Å². The molecule has 1 amide bonds. The SMILES string of the molecule is Nc1nccnc1C(=O)NCc1ccc(CN2CCOCC2)cc1. The highest BCUT2D eigenvalue weighted by Crippen LogP contribution is 2.10. The number of carbonyl (C=O) groups excluding carboxylic acids is 1. The van der Waals surface area contributed by atoms with E-state index in [1.807, 2.05) is 12.1 Å². The number of ether oxygens (including phenoxy) is 1. The Kier molecular flexibility index (Phi) is 5.35. The average molecular weight is 327 g/mol. The smallest absolute Gasteiger partial charge is 0.273 e. The third-order valence-electron chi connectivity index (χ3n) is 3.93. The number of rotatable bonds is 5. The van der Waals surface area contributed by atoms with Gasteiger partial charge in [0.05, 0.1) is 13.2 Å². The number of anilines is 1. The molecule has 1 aliphatic heterocycles. The van der Waals surface area contributed by atoms with Crippen LogP contribution >= 0.6 is 0 Å². The van der Waals surface area contributed by atoms with Crippen molar-refractivity contribution < 1.29 is 9.53 Å². The van der Waals surface area contributed by atoms with Crippen LogP contribution in [0.2, 0.25) is 0 Å². The highest BCUT2D eigenvalue weighted by Gasteiger charge is 2.12. The summed E-state index contributed by atoms with van der Waals surface area (Å²) in [4.78, 5) is 22.2. The molecule has 1 fully saturated rings. The first-order valence-corrected chi connectivity index (χ1v) is 7.95. The summed E-state index contributed by atoms with van der Waals surface area (Å²) in [5, 5.41) is 2.81. The minimum absolute atomic E-state index is 0.135. The molecule has 0 aliphatic carbocycles. The molecule has 3 N–H and O–H groups in total. The molecule has 0 radical (unpaired) electrons. The van der Waals surface area contributed by atoms with Gasteiger partial charge in [0, 0.05) is 38.6 Å². The summed E-state index contributed by atoms with van der Waals surface area (Å²) in [5.74, 6) is -0.186. The average Bonchev–Trinajstić information content (AvgIpc) is 2.62. The molecular formula is C17H21N5O2. The molecule has 3 rings (SSSR count). The van der Waals surface area contributed by atoms with Crippen LogP contribution in [0.5, 0.6) is 0 Å². The Morgan fingerprint density at radius 2 is 1.79 bits per heavy atom. The first kappa shape index (κ1) is 16.4. The molecule has 0 atom stereocenters. The largest absolute Gasteiger partial charge is 0.382 e. The maximum atomic E-state index is 12.1. The molecule has 0 unspecified atom stereocenters. The summed E-state index contributed by atoms with van der Waals surface area (Å²) in [6, 6.07) is 8.23. The quantitative estimate of drug-likeness (QED) is 0.844. The Morgan fingerprint density at radius 3 is 2.50 bits per heavy atom. The number of amides is 1. The molecule has 0 saturated carbocycles. The van der Waals surface area contributed by atoms with Crippen LogP contribution in [0.25, 0.3) is 0 Å². The van der Waals surface area contributed by atoms with E-state index >= 15 is 0 Å². The van der Waals surface area contributed by atoms with E-state index in [-0.39, 0.29) is 17.4 Å². The second-order valence-corrected chi connectivity index (χ2v) is 5.68. The van der Waals surface area contributed by atoms with E-state index < -0.39 is 0 Å². The zero-order valence-corrected chi connectivity index (χ0v) is 13.4. The van der Waals surface area contributed by atoms with Crippen LogP contribution in [0.3, 0.4) is 0 Å². The Labute approximate surface area is 140 Å². The summed E-state index contributed by atoms with van der Waals surface area (Å²) >= 11 is 0. The highest BCUT2D eigenvalue weighted by atomic mass is 16.5. The van der Waals surface area contributed by atoms with Crippen LogP contribution in [0.1, 0.15) is 21.6 Å². The molecule has 1 aromatic carbocycles. The van der Waals surface area contributed by atoms with Gasteiger partial charge in [0.2, 0.25) is 0 Å². The van der Waals surface area contributed by atoms with Gasteiger partial charge in [-0.15, -0.1) is 0 Å². The lowest BCUT2D eigenvalue weighted by molar-refractivity contribution is 0.0342. The molecule has 1 saturated heterocycles. The Balaban J connectivity index is 1.52. The zero-order valence-electron chi connectivity index (χ0n) is 13.4. The van der Waals surface area contributed by atoms with Crippen molar-refractivity contribution in [2.45, 2.75) is 13.1 Å². The lowest BCUT2D eigenvalue weighted by Gasteiger charge is -2.26. The van der Waals surface area contributed by atoms with Gasteiger partial charge in [-0.25, -0.2) is 9.97 Å². The van der Waals surface area contributed by atoms with Crippen LogP contribution < -0.4 is 11.1 Å². The van der Waals surface area contributed by atoms with Gasteiger partial charge in [0.15, 0.2) is 11.5 Å². The van der Waals surface area contributed by atoms with E-state index in [1.165, 1.54) is 18.0 Å². The van der Waals surface area contributed by atoms with E-state index in [1.54, 1.807) is 0 Å². The highest BCUT2D eigenvalue weighted by molar-refractivity contribution is 5.96. The summed E-state index contributed by atoms with van der Waals surface area (Å²) in [5.41, 5.74) is 8.08. The van der Waals surface area contributed by atoms with E-state index in [4.69, 9.17) is 10.5 Å². The molecule has 2 heterocycles. The van der Waals surface area contributed by atoms with Crippen LogP contribution in [-0.4, -0.2) is 47.1 Å². The normalized spacial score (nSPS) is 15.2. The fraction of sp³-hybridized carbons (Fsp3) is 0.353. The topological polar surface area (TPSA) is 93.4 Å². The Morgan fingerprint density at radius 1 is 1.12 bits per heavy atom. The van der Waals surface area contributed by atoms with Crippen molar-refractivity contribution in [3.63, 3.8) is 0 Å². The van der Waals surface area contributed by atoms with Gasteiger partial charge in [-0.1, -0.05) is 24.3 Å². The predicted octanol–water partition coefficient (Wildman–Crippen LogP) is 0.821. The minimum atomic E-state index is -0.321. The van der Waals surface area contributed by atoms with Gasteiger partial charge in [0.1, 0.15) is 0 Å². The molecule has 1 aliphatic rings. The van der Waals surface area contributed by atoms with Gasteiger partial charge in [-0.05, 0) is 11.1 Å². The van der Waals surface area contributed by atoms with E-state index in [9.17, 15) is 4.79 Å². The van der Waals surface area contributed by atoms with Crippen molar-refractivity contribution in [3.8, 4) is 0 Å². The number of aromatic nitrogens is 2. The molecule has 2 aromatic rings. The third-order valence-corrected chi connectivity index (χ3v) is 3.93. The Hall–Kier alpha value is -2.51. The van der Waals surface area contributed by atoms with E-state index in [0.29, 0.717) is 6.54 Å². The fourth-order valence-corrected chi connectivity index (χ4v) is 2.57. The van der Waals surface area contributed by atoms with Crippen LogP contribution in [0.4, 0.5) is 5.82 Å². The van der Waals surface area contributed by atoms with Crippen LogP contribution in [-0.2, 0) is 17.8 Å². The molecule has 126 valence electrons. The monoisotopic (exact) mass is 327 g/mol. The van der Waals surface area contributed by atoms with Crippen molar-refractivity contribution in [2.24, 2.45) is 0 Å². The van der Waals surface area contributed by atoms with Crippen molar-refractivity contribution in [1.82, 2.24) is 20.2 Å². The first-order valence-electron chi connectivity index (χ1n) is 7.95. The van der Waals surface area contributed by atoms with Crippen molar-refractivity contribution in [3.05, 3.63) is 53.5 Å². The molecule has 0 spiro atoms. The molecule has 1 aromatic heterocycles. The first-order chi connectivity index (χ1) is 11.7. The number of hydrogen-bond acceptors (Lipinski definition) is 6. The molecule has 7 nitrogen and oxygen atoms in total. The van der Waals surface area contributed by atoms with E-state index in [2.05, 4.69) is 32.3 Å². The van der Waals surface area contributed by atoms with Crippen LogP contribution in [0, 0.1) is 0 Å². The zero-order chi connectivity index (χ0) is 16.8. The van der Waals surface area contributed by atoms with Gasteiger partial charge in [0.25, 0.3) is 5.91 Å². The summed E-state index contributed by atoms with van der Waals surface area (Å²) in [6.07, 6.45) is 2.91. The summed E-state index contributed by atoms with van der Waals surface area (Å²) < 4.78 is 5.36. The standard InChI is InChI=1S/C17H21N5O2/c18-16-15(19-5-6-20-16)17(23)21-11-13-1-3-14(4-2-13)12-22-7-9-24-10-8-22/h1-6H,7-12H2,(H2,18,20)(H,21,23). The van der Waals surface area contributed by atoms with Gasteiger partial charge in [-0.3, -0.25) is 9.69 Å². The maximum absolute atomic E-state index is 12.1. The van der Waals surface area contributed by atoms with E-state index in [0.717, 1.165) is 38.4 Å². The molecule has 24 heavy (non-hydrogen) atoms. The number of morpholine rings is 1. The fourth-order valence-electron chi connectivity index (χ4n) is 2.57. The Bertz CT molecular complexity index is 684. The maximum Gasteiger partial charge on any atom is 0.273 e. The van der Waals surface area contributed by atoms with Crippen molar-refractivity contribution in [2.75, 3.05) is 32.0 Å². The van der Waals surface area contributed by atoms with Crippen LogP contribution in [0.15, 0.2) is 36.7 Å². The number of benzene rings is 1. The molecule has 0 bridgehead atoms. The number of hydrogen-bond donors (Lipinski definition) is 2. The number of carbonyl (C=O) groups is 1. The minimum Gasteiger partial charge on any atom is -0.382 e. The number of nitrogens with zero attached hydrogens (tertiary/aromatic N) is 3. The molecular weight excluding hydrogens is 306 g/mol.